The van der Waals surface area contributed by atoms with Gasteiger partial charge in [0.2, 0.25) is 0 Å². The van der Waals surface area contributed by atoms with Crippen molar-refractivity contribution in [3.8, 4) is 0 Å². The number of hydrogen-bond acceptors (Lipinski definition) is 2. The van der Waals surface area contributed by atoms with Crippen LogP contribution in [0, 0.1) is 0 Å². The molecule has 1 fully saturated rings. The van der Waals surface area contributed by atoms with E-state index in [1.54, 1.807) is 0 Å². The van der Waals surface area contributed by atoms with Crippen LogP contribution in [0.3, 0.4) is 0 Å². The van der Waals surface area contributed by atoms with Crippen LogP contribution < -0.4 is 5.32 Å². The van der Waals surface area contributed by atoms with Crippen LogP contribution in [-0.4, -0.2) is 17.2 Å². The van der Waals surface area contributed by atoms with Crippen LogP contribution >= 0.6 is 0 Å². The molecule has 1 heterocycles. The number of aryl methyl sites for hydroxylation is 1. The summed E-state index contributed by atoms with van der Waals surface area (Å²) in [5.74, 6) is 0. The molecule has 1 aromatic rings. The van der Waals surface area contributed by atoms with Gasteiger partial charge in [-0.1, -0.05) is 19.1 Å². The molecule has 1 saturated heterocycles. The Morgan fingerprint density at radius 2 is 2.00 bits per heavy atom. The van der Waals surface area contributed by atoms with Crippen molar-refractivity contribution in [2.24, 2.45) is 0 Å². The molecule has 1 unspecified atom stereocenters. The Morgan fingerprint density at radius 3 is 2.56 bits per heavy atom. The highest BCUT2D eigenvalue weighted by atomic mass is 16.5. The van der Waals surface area contributed by atoms with Crippen molar-refractivity contribution in [3.63, 3.8) is 0 Å². The number of rotatable bonds is 3. The minimum Gasteiger partial charge on any atom is -0.379 e. The molecule has 0 aromatic heterocycles. The fourth-order valence-electron chi connectivity index (χ4n) is 2.87. The van der Waals surface area contributed by atoms with Gasteiger partial charge in [-0.15, -0.1) is 0 Å². The molecule has 2 heteroatoms. The quantitative estimate of drug-likeness (QED) is 0.871. The van der Waals surface area contributed by atoms with E-state index in [-0.39, 0.29) is 11.2 Å². The summed E-state index contributed by atoms with van der Waals surface area (Å²) in [6, 6.07) is 9.03. The Balaban J connectivity index is 2.13. The number of nitrogens with one attached hydrogen (secondary N) is 1. The van der Waals surface area contributed by atoms with Gasteiger partial charge in [0, 0.05) is 5.69 Å². The van der Waals surface area contributed by atoms with Gasteiger partial charge >= 0.3 is 0 Å². The molecule has 1 aliphatic heterocycles. The maximum atomic E-state index is 6.12. The lowest BCUT2D eigenvalue weighted by molar-refractivity contribution is -0.0662. The summed E-state index contributed by atoms with van der Waals surface area (Å²) < 4.78 is 6.12. The second-order valence-electron chi connectivity index (χ2n) is 6.42. The Morgan fingerprint density at radius 1 is 1.28 bits per heavy atom. The average molecular weight is 247 g/mol. The van der Waals surface area contributed by atoms with Crippen LogP contribution in [0.2, 0.25) is 0 Å². The van der Waals surface area contributed by atoms with Crippen LogP contribution in [0.4, 0.5) is 5.69 Å². The Hall–Kier alpha value is -1.02. The minimum atomic E-state index is -0.119. The first-order chi connectivity index (χ1) is 8.32. The lowest BCUT2D eigenvalue weighted by Crippen LogP contribution is -2.38. The molecular weight excluding hydrogens is 222 g/mol. The standard InChI is InChI=1S/C16H25NO/c1-6-12-8-7-9-13(10-12)17-14-11-15(2,3)18-16(14,4)5/h7-10,14,17H,6,11H2,1-5H3. The first-order valence-electron chi connectivity index (χ1n) is 6.88. The average Bonchev–Trinajstić information content (AvgIpc) is 2.47. The minimum absolute atomic E-state index is 0.0382. The van der Waals surface area contributed by atoms with Crippen LogP contribution in [-0.2, 0) is 11.2 Å². The van der Waals surface area contributed by atoms with Crippen molar-refractivity contribution in [1.82, 2.24) is 0 Å². The molecule has 2 nitrogen and oxygen atoms in total. The van der Waals surface area contributed by atoms with E-state index in [4.69, 9.17) is 4.74 Å². The van der Waals surface area contributed by atoms with Crippen molar-refractivity contribution in [1.29, 1.82) is 0 Å². The van der Waals surface area contributed by atoms with Gasteiger partial charge < -0.3 is 10.1 Å². The van der Waals surface area contributed by atoms with Crippen LogP contribution in [0.5, 0.6) is 0 Å². The van der Waals surface area contributed by atoms with Crippen LogP contribution in [0.1, 0.15) is 46.6 Å². The van der Waals surface area contributed by atoms with E-state index in [1.807, 2.05) is 0 Å². The van der Waals surface area contributed by atoms with Crippen molar-refractivity contribution in [2.75, 3.05) is 5.32 Å². The highest BCUT2D eigenvalue weighted by Gasteiger charge is 2.45. The summed E-state index contributed by atoms with van der Waals surface area (Å²) in [7, 11) is 0. The van der Waals surface area contributed by atoms with E-state index >= 15 is 0 Å². The van der Waals surface area contributed by atoms with Gasteiger partial charge in [-0.25, -0.2) is 0 Å². The zero-order valence-corrected chi connectivity index (χ0v) is 12.2. The highest BCUT2D eigenvalue weighted by Crippen LogP contribution is 2.38. The lowest BCUT2D eigenvalue weighted by atomic mass is 9.94. The molecule has 0 bridgehead atoms. The predicted octanol–water partition coefficient (Wildman–Crippen LogP) is 4.01. The van der Waals surface area contributed by atoms with Gasteiger partial charge in [0.05, 0.1) is 17.2 Å². The van der Waals surface area contributed by atoms with E-state index in [0.29, 0.717) is 6.04 Å². The van der Waals surface area contributed by atoms with E-state index in [2.05, 4.69) is 64.2 Å². The third-order valence-electron chi connectivity index (χ3n) is 3.75. The SMILES string of the molecule is CCc1cccc(NC2CC(C)(C)OC2(C)C)c1. The summed E-state index contributed by atoms with van der Waals surface area (Å²) in [6.45, 7) is 10.9. The molecule has 1 atom stereocenters. The fraction of sp³-hybridized carbons (Fsp3) is 0.625. The van der Waals surface area contributed by atoms with Gasteiger partial charge in [-0.05, 0) is 58.2 Å². The molecule has 0 saturated carbocycles. The molecule has 0 aliphatic carbocycles. The van der Waals surface area contributed by atoms with E-state index in [9.17, 15) is 0 Å². The molecule has 1 aliphatic rings. The third-order valence-corrected chi connectivity index (χ3v) is 3.75. The molecule has 18 heavy (non-hydrogen) atoms. The molecule has 1 N–H and O–H groups in total. The van der Waals surface area contributed by atoms with Gasteiger partial charge in [0.1, 0.15) is 0 Å². The number of anilines is 1. The summed E-state index contributed by atoms with van der Waals surface area (Å²) in [4.78, 5) is 0. The molecule has 2 rings (SSSR count). The predicted molar refractivity (Wildman–Crippen MR) is 77.1 cm³/mol. The van der Waals surface area contributed by atoms with Gasteiger partial charge in [0.15, 0.2) is 0 Å². The molecule has 1 aromatic carbocycles. The second kappa shape index (κ2) is 4.58. The van der Waals surface area contributed by atoms with Gasteiger partial charge in [-0.3, -0.25) is 0 Å². The van der Waals surface area contributed by atoms with E-state index in [1.165, 1.54) is 11.3 Å². The zero-order valence-electron chi connectivity index (χ0n) is 12.2. The summed E-state index contributed by atoms with van der Waals surface area (Å²) in [6.07, 6.45) is 2.11. The van der Waals surface area contributed by atoms with Gasteiger partial charge in [0.25, 0.3) is 0 Å². The number of hydrogen-bond donors (Lipinski definition) is 1. The Bertz CT molecular complexity index is 423. The Labute approximate surface area is 111 Å². The van der Waals surface area contributed by atoms with Crippen molar-refractivity contribution < 1.29 is 4.74 Å². The number of ether oxygens (including phenoxy) is 1. The largest absolute Gasteiger partial charge is 0.379 e. The smallest absolute Gasteiger partial charge is 0.0834 e. The molecular formula is C16H25NO. The summed E-state index contributed by atoms with van der Waals surface area (Å²) in [5.41, 5.74) is 2.42. The zero-order chi connectivity index (χ0) is 13.4. The van der Waals surface area contributed by atoms with Crippen LogP contribution in [0.15, 0.2) is 24.3 Å². The first kappa shape index (κ1) is 13.4. The molecule has 0 radical (unpaired) electrons. The second-order valence-corrected chi connectivity index (χ2v) is 6.42. The third kappa shape index (κ3) is 2.86. The maximum Gasteiger partial charge on any atom is 0.0834 e. The van der Waals surface area contributed by atoms with Crippen molar-refractivity contribution in [2.45, 2.75) is 64.7 Å². The van der Waals surface area contributed by atoms with Crippen molar-refractivity contribution in [3.05, 3.63) is 29.8 Å². The monoisotopic (exact) mass is 247 g/mol. The summed E-state index contributed by atoms with van der Waals surface area (Å²) in [5, 5.41) is 3.64. The Kier molecular flexibility index (Phi) is 3.41. The van der Waals surface area contributed by atoms with Crippen LogP contribution in [0.25, 0.3) is 0 Å². The number of benzene rings is 1. The highest BCUT2D eigenvalue weighted by molar-refractivity contribution is 5.47. The van der Waals surface area contributed by atoms with E-state index in [0.717, 1.165) is 12.8 Å². The molecule has 0 spiro atoms. The maximum absolute atomic E-state index is 6.12. The first-order valence-corrected chi connectivity index (χ1v) is 6.88. The molecule has 0 amide bonds. The normalized spacial score (nSPS) is 25.1. The van der Waals surface area contributed by atoms with Crippen molar-refractivity contribution >= 4 is 5.69 Å². The fourth-order valence-corrected chi connectivity index (χ4v) is 2.87. The van der Waals surface area contributed by atoms with E-state index < -0.39 is 0 Å². The molecule has 100 valence electrons. The topological polar surface area (TPSA) is 21.3 Å². The lowest BCUT2D eigenvalue weighted by Gasteiger charge is -2.28. The summed E-state index contributed by atoms with van der Waals surface area (Å²) >= 11 is 0. The van der Waals surface area contributed by atoms with Gasteiger partial charge in [-0.2, -0.15) is 0 Å².